The first-order valence-electron chi connectivity index (χ1n) is 10.4. The van der Waals surface area contributed by atoms with Crippen molar-refractivity contribution in [3.8, 4) is 0 Å². The highest BCUT2D eigenvalue weighted by Crippen LogP contribution is 2.28. The number of aromatic nitrogens is 3. The maximum absolute atomic E-state index is 12.7. The summed E-state index contributed by atoms with van der Waals surface area (Å²) in [5.74, 6) is 0.0126. The van der Waals surface area contributed by atoms with Crippen LogP contribution in [-0.2, 0) is 6.42 Å². The lowest BCUT2D eigenvalue weighted by molar-refractivity contribution is 0.0825. The van der Waals surface area contributed by atoms with E-state index in [1.54, 1.807) is 25.2 Å². The minimum Gasteiger partial charge on any atom is -0.361 e. The summed E-state index contributed by atoms with van der Waals surface area (Å²) in [4.78, 5) is 31.8. The van der Waals surface area contributed by atoms with Crippen LogP contribution in [0, 0.1) is 0 Å². The molecule has 30 heavy (non-hydrogen) atoms. The van der Waals surface area contributed by atoms with Crippen molar-refractivity contribution in [3.63, 3.8) is 0 Å². The van der Waals surface area contributed by atoms with Crippen LogP contribution in [-0.4, -0.2) is 70.6 Å². The highest BCUT2D eigenvalue weighted by Gasteiger charge is 2.29. The van der Waals surface area contributed by atoms with Gasteiger partial charge in [-0.2, -0.15) is 5.10 Å². The number of nitrogens with zero attached hydrogens (tertiary/aromatic N) is 3. The normalized spacial score (nSPS) is 16.6. The van der Waals surface area contributed by atoms with Crippen molar-refractivity contribution in [3.05, 3.63) is 53.5 Å². The topological polar surface area (TPSA) is 97.1 Å². The van der Waals surface area contributed by atoms with Crippen LogP contribution in [0.3, 0.4) is 0 Å². The predicted octanol–water partition coefficient (Wildman–Crippen LogP) is 2.72. The molecule has 1 saturated heterocycles. The fraction of sp³-hybridized carbons (Fsp3) is 0.409. The summed E-state index contributed by atoms with van der Waals surface area (Å²) in [6.07, 6.45) is 6.19. The first-order chi connectivity index (χ1) is 14.5. The molecule has 0 bridgehead atoms. The number of benzene rings is 1. The van der Waals surface area contributed by atoms with Crippen LogP contribution in [0.1, 0.15) is 40.4 Å². The number of hydrogen-bond donors (Lipinski definition) is 3. The maximum Gasteiger partial charge on any atom is 0.317 e. The van der Waals surface area contributed by atoms with Gasteiger partial charge in [0.2, 0.25) is 0 Å². The number of aromatic amines is 2. The quantitative estimate of drug-likeness (QED) is 0.605. The molecule has 8 nitrogen and oxygen atoms in total. The molecule has 0 aliphatic carbocycles. The SMILES string of the molecule is CN(C)C(=O)c1cn[nH]c1[C@@H]1CCCN(C(=O)NCCc2c[nH]c3ccccc23)C1. The fourth-order valence-electron chi connectivity index (χ4n) is 4.17. The van der Waals surface area contributed by atoms with Gasteiger partial charge in [-0.1, -0.05) is 18.2 Å². The van der Waals surface area contributed by atoms with E-state index in [4.69, 9.17) is 0 Å². The number of carbonyl (C=O) groups excluding carboxylic acids is 2. The highest BCUT2D eigenvalue weighted by atomic mass is 16.2. The largest absolute Gasteiger partial charge is 0.361 e. The van der Waals surface area contributed by atoms with Crippen LogP contribution in [0.2, 0.25) is 0 Å². The van der Waals surface area contributed by atoms with Crippen molar-refractivity contribution in [2.24, 2.45) is 0 Å². The molecule has 4 rings (SSSR count). The lowest BCUT2D eigenvalue weighted by Gasteiger charge is -2.32. The summed E-state index contributed by atoms with van der Waals surface area (Å²) in [5.41, 5.74) is 3.73. The minimum atomic E-state index is -0.0703. The van der Waals surface area contributed by atoms with Gasteiger partial charge in [0.25, 0.3) is 5.91 Å². The zero-order chi connectivity index (χ0) is 21.1. The molecule has 3 aromatic rings. The molecule has 1 fully saturated rings. The van der Waals surface area contributed by atoms with Gasteiger partial charge in [0.1, 0.15) is 0 Å². The van der Waals surface area contributed by atoms with Gasteiger partial charge in [-0.3, -0.25) is 9.89 Å². The monoisotopic (exact) mass is 408 g/mol. The number of para-hydroxylation sites is 1. The summed E-state index contributed by atoms with van der Waals surface area (Å²) in [6, 6.07) is 8.12. The molecule has 8 heteroatoms. The number of amides is 3. The molecule has 1 atom stereocenters. The Bertz CT molecular complexity index is 1040. The molecular formula is C22H28N6O2. The second-order valence-electron chi connectivity index (χ2n) is 8.02. The molecular weight excluding hydrogens is 380 g/mol. The van der Waals surface area contributed by atoms with Gasteiger partial charge < -0.3 is 20.1 Å². The van der Waals surface area contributed by atoms with Crippen LogP contribution in [0.25, 0.3) is 10.9 Å². The van der Waals surface area contributed by atoms with Crippen LogP contribution in [0.4, 0.5) is 4.79 Å². The molecule has 2 aromatic heterocycles. The number of H-pyrrole nitrogens is 2. The van der Waals surface area contributed by atoms with Gasteiger partial charge in [-0.05, 0) is 30.9 Å². The third kappa shape index (κ3) is 4.03. The number of likely N-dealkylation sites (tertiary alicyclic amines) is 1. The van der Waals surface area contributed by atoms with Crippen molar-refractivity contribution in [1.82, 2.24) is 30.3 Å². The predicted molar refractivity (Wildman–Crippen MR) is 116 cm³/mol. The Morgan fingerprint density at radius 3 is 2.97 bits per heavy atom. The Kier molecular flexibility index (Phi) is 5.74. The van der Waals surface area contributed by atoms with E-state index < -0.39 is 0 Å². The Morgan fingerprint density at radius 1 is 1.30 bits per heavy atom. The van der Waals surface area contributed by atoms with E-state index in [1.807, 2.05) is 23.2 Å². The molecule has 3 heterocycles. The average molecular weight is 409 g/mol. The Hall–Kier alpha value is -3.29. The van der Waals surface area contributed by atoms with Gasteiger partial charge in [-0.15, -0.1) is 0 Å². The van der Waals surface area contributed by atoms with E-state index in [0.29, 0.717) is 18.7 Å². The van der Waals surface area contributed by atoms with Crippen LogP contribution < -0.4 is 5.32 Å². The van der Waals surface area contributed by atoms with Gasteiger partial charge in [0.05, 0.1) is 17.5 Å². The lowest BCUT2D eigenvalue weighted by atomic mass is 9.92. The third-order valence-corrected chi connectivity index (χ3v) is 5.77. The number of fused-ring (bicyclic) bond motifs is 1. The molecule has 0 unspecified atom stereocenters. The first kappa shape index (κ1) is 20.0. The molecule has 0 saturated carbocycles. The van der Waals surface area contributed by atoms with Crippen LogP contribution in [0.15, 0.2) is 36.7 Å². The standard InChI is InChI=1S/C22H28N6O2/c1-27(2)21(29)18-13-25-26-20(18)16-6-5-11-28(14-16)22(30)23-10-9-15-12-24-19-8-4-3-7-17(15)19/h3-4,7-8,12-13,16,24H,5-6,9-11,14H2,1-2H3,(H,23,30)(H,25,26)/t16-/m1/s1. The number of hydrogen-bond acceptors (Lipinski definition) is 3. The van der Waals surface area contributed by atoms with Gasteiger partial charge in [0.15, 0.2) is 0 Å². The number of piperidine rings is 1. The zero-order valence-electron chi connectivity index (χ0n) is 17.4. The van der Waals surface area contributed by atoms with Gasteiger partial charge >= 0.3 is 6.03 Å². The molecule has 3 amide bonds. The van der Waals surface area contributed by atoms with Crippen LogP contribution in [0.5, 0.6) is 0 Å². The van der Waals surface area contributed by atoms with E-state index in [9.17, 15) is 9.59 Å². The summed E-state index contributed by atoms with van der Waals surface area (Å²) >= 11 is 0. The zero-order valence-corrected chi connectivity index (χ0v) is 17.4. The summed E-state index contributed by atoms with van der Waals surface area (Å²) in [5, 5.41) is 11.3. The summed E-state index contributed by atoms with van der Waals surface area (Å²) < 4.78 is 0. The maximum atomic E-state index is 12.7. The van der Waals surface area contributed by atoms with Crippen molar-refractivity contribution in [2.45, 2.75) is 25.2 Å². The number of nitrogens with one attached hydrogen (secondary N) is 3. The molecule has 0 radical (unpaired) electrons. The Labute approximate surface area is 175 Å². The number of carbonyl (C=O) groups is 2. The number of rotatable bonds is 5. The molecule has 1 aromatic carbocycles. The Balaban J connectivity index is 1.35. The summed E-state index contributed by atoms with van der Waals surface area (Å²) in [6.45, 7) is 1.88. The molecule has 1 aliphatic heterocycles. The van der Waals surface area contributed by atoms with E-state index in [0.717, 1.165) is 37.0 Å². The van der Waals surface area contributed by atoms with Crippen molar-refractivity contribution >= 4 is 22.8 Å². The van der Waals surface area contributed by atoms with E-state index in [2.05, 4.69) is 32.6 Å². The van der Waals surface area contributed by atoms with E-state index in [-0.39, 0.29) is 17.9 Å². The van der Waals surface area contributed by atoms with Crippen molar-refractivity contribution < 1.29 is 9.59 Å². The first-order valence-corrected chi connectivity index (χ1v) is 10.4. The second kappa shape index (κ2) is 8.61. The minimum absolute atomic E-state index is 0.0560. The molecule has 1 aliphatic rings. The molecule has 0 spiro atoms. The van der Waals surface area contributed by atoms with Gasteiger partial charge in [-0.25, -0.2) is 4.79 Å². The highest BCUT2D eigenvalue weighted by molar-refractivity contribution is 5.95. The van der Waals surface area contributed by atoms with Crippen LogP contribution >= 0.6 is 0 Å². The second-order valence-corrected chi connectivity index (χ2v) is 8.02. The lowest BCUT2D eigenvalue weighted by Crippen LogP contribution is -2.45. The smallest absolute Gasteiger partial charge is 0.317 e. The average Bonchev–Trinajstić information content (AvgIpc) is 3.41. The Morgan fingerprint density at radius 2 is 2.13 bits per heavy atom. The number of urea groups is 1. The summed E-state index contributed by atoms with van der Waals surface area (Å²) in [7, 11) is 3.46. The van der Waals surface area contributed by atoms with Crippen molar-refractivity contribution in [2.75, 3.05) is 33.7 Å². The molecule has 158 valence electrons. The molecule has 3 N–H and O–H groups in total. The fourth-order valence-corrected chi connectivity index (χ4v) is 4.17. The third-order valence-electron chi connectivity index (χ3n) is 5.77. The van der Waals surface area contributed by atoms with Crippen molar-refractivity contribution in [1.29, 1.82) is 0 Å². The van der Waals surface area contributed by atoms with E-state index in [1.165, 1.54) is 10.9 Å². The van der Waals surface area contributed by atoms with E-state index >= 15 is 0 Å². The van der Waals surface area contributed by atoms with Gasteiger partial charge in [0, 0.05) is 56.7 Å².